The average molecular weight is 258 g/mol. The summed E-state index contributed by atoms with van der Waals surface area (Å²) < 4.78 is 12.9. The van der Waals surface area contributed by atoms with Crippen LogP contribution >= 0.6 is 11.6 Å². The predicted molar refractivity (Wildman–Crippen MR) is 66.5 cm³/mol. The molecule has 0 heterocycles. The highest BCUT2D eigenvalue weighted by Crippen LogP contribution is 2.24. The minimum atomic E-state index is -0.387. The van der Waals surface area contributed by atoms with E-state index < -0.39 is 0 Å². The molecular formula is C13H17ClFNO. The predicted octanol–water partition coefficient (Wildman–Crippen LogP) is 2.73. The molecule has 0 saturated heterocycles. The van der Waals surface area contributed by atoms with E-state index in [0.717, 1.165) is 31.4 Å². The van der Waals surface area contributed by atoms with E-state index in [2.05, 4.69) is 5.32 Å². The van der Waals surface area contributed by atoms with Crippen LogP contribution in [0.25, 0.3) is 0 Å². The molecular weight excluding hydrogens is 241 g/mol. The Balaban J connectivity index is 1.79. The maximum atomic E-state index is 12.9. The number of benzene rings is 1. The van der Waals surface area contributed by atoms with Crippen molar-refractivity contribution in [2.45, 2.75) is 31.9 Å². The van der Waals surface area contributed by atoms with E-state index in [-0.39, 0.29) is 16.9 Å². The molecule has 17 heavy (non-hydrogen) atoms. The molecule has 1 saturated carbocycles. The SMILES string of the molecule is OC1CCCC1CNCc1ccc(F)c(Cl)c1. The van der Waals surface area contributed by atoms with Crippen molar-refractivity contribution in [1.29, 1.82) is 0 Å². The van der Waals surface area contributed by atoms with E-state index in [4.69, 9.17) is 11.6 Å². The summed E-state index contributed by atoms with van der Waals surface area (Å²) in [7, 11) is 0. The van der Waals surface area contributed by atoms with E-state index in [1.165, 1.54) is 6.07 Å². The zero-order valence-electron chi connectivity index (χ0n) is 9.63. The third-order valence-corrected chi connectivity index (χ3v) is 3.63. The minimum Gasteiger partial charge on any atom is -0.393 e. The van der Waals surface area contributed by atoms with Gasteiger partial charge >= 0.3 is 0 Å². The lowest BCUT2D eigenvalue weighted by atomic mass is 10.1. The van der Waals surface area contributed by atoms with Gasteiger partial charge in [0.2, 0.25) is 0 Å². The molecule has 1 aromatic rings. The van der Waals surface area contributed by atoms with Gasteiger partial charge in [-0.2, -0.15) is 0 Å². The summed E-state index contributed by atoms with van der Waals surface area (Å²) >= 11 is 5.70. The third kappa shape index (κ3) is 3.41. The lowest BCUT2D eigenvalue weighted by Gasteiger charge is -2.15. The fraction of sp³-hybridized carbons (Fsp3) is 0.538. The van der Waals surface area contributed by atoms with E-state index in [9.17, 15) is 9.50 Å². The number of halogens is 2. The molecule has 94 valence electrons. The van der Waals surface area contributed by atoms with E-state index >= 15 is 0 Å². The summed E-state index contributed by atoms with van der Waals surface area (Å²) in [5.74, 6) is -0.0347. The second-order valence-electron chi connectivity index (χ2n) is 4.64. The summed E-state index contributed by atoms with van der Waals surface area (Å²) in [6.07, 6.45) is 2.93. The maximum absolute atomic E-state index is 12.9. The zero-order valence-corrected chi connectivity index (χ0v) is 10.4. The highest BCUT2D eigenvalue weighted by atomic mass is 35.5. The van der Waals surface area contributed by atoms with Crippen molar-refractivity contribution in [1.82, 2.24) is 5.32 Å². The van der Waals surface area contributed by atoms with Gasteiger partial charge in [0.1, 0.15) is 5.82 Å². The van der Waals surface area contributed by atoms with Crippen LogP contribution in [0.3, 0.4) is 0 Å². The molecule has 0 amide bonds. The van der Waals surface area contributed by atoms with Gasteiger partial charge in [-0.3, -0.25) is 0 Å². The lowest BCUT2D eigenvalue weighted by Crippen LogP contribution is -2.27. The van der Waals surface area contributed by atoms with Crippen LogP contribution < -0.4 is 5.32 Å². The molecule has 1 aliphatic carbocycles. The highest BCUT2D eigenvalue weighted by Gasteiger charge is 2.24. The molecule has 0 bridgehead atoms. The number of nitrogens with one attached hydrogen (secondary N) is 1. The van der Waals surface area contributed by atoms with Crippen molar-refractivity contribution in [3.63, 3.8) is 0 Å². The van der Waals surface area contributed by atoms with E-state index in [1.54, 1.807) is 12.1 Å². The first-order chi connectivity index (χ1) is 8.16. The number of hydrogen-bond donors (Lipinski definition) is 2. The number of aliphatic hydroxyl groups is 1. The van der Waals surface area contributed by atoms with Gasteiger partial charge in [0.05, 0.1) is 11.1 Å². The molecule has 2 atom stereocenters. The van der Waals surface area contributed by atoms with Gasteiger partial charge in [0.15, 0.2) is 0 Å². The van der Waals surface area contributed by atoms with E-state index in [1.807, 2.05) is 0 Å². The molecule has 0 aromatic heterocycles. The second-order valence-corrected chi connectivity index (χ2v) is 5.04. The molecule has 0 aliphatic heterocycles. The quantitative estimate of drug-likeness (QED) is 0.869. The Labute approximate surface area is 106 Å². The van der Waals surface area contributed by atoms with Crippen LogP contribution in [0.15, 0.2) is 18.2 Å². The lowest BCUT2D eigenvalue weighted by molar-refractivity contribution is 0.131. The van der Waals surface area contributed by atoms with Gasteiger partial charge < -0.3 is 10.4 Å². The molecule has 1 aromatic carbocycles. The second kappa shape index (κ2) is 5.80. The van der Waals surface area contributed by atoms with Crippen LogP contribution in [-0.2, 0) is 6.54 Å². The number of rotatable bonds is 4. The fourth-order valence-corrected chi connectivity index (χ4v) is 2.51. The number of aliphatic hydroxyl groups excluding tert-OH is 1. The fourth-order valence-electron chi connectivity index (χ4n) is 2.31. The van der Waals surface area contributed by atoms with Crippen LogP contribution in [0.4, 0.5) is 4.39 Å². The molecule has 0 spiro atoms. The molecule has 2 N–H and O–H groups in total. The van der Waals surface area contributed by atoms with Gasteiger partial charge in [0, 0.05) is 13.1 Å². The summed E-state index contributed by atoms with van der Waals surface area (Å²) in [4.78, 5) is 0. The van der Waals surface area contributed by atoms with Crippen molar-refractivity contribution in [3.8, 4) is 0 Å². The van der Waals surface area contributed by atoms with Crippen LogP contribution in [0.5, 0.6) is 0 Å². The summed E-state index contributed by atoms with van der Waals surface area (Å²) in [5, 5.41) is 13.1. The number of hydrogen-bond acceptors (Lipinski definition) is 2. The van der Waals surface area contributed by atoms with Crippen LogP contribution in [0, 0.1) is 11.7 Å². The van der Waals surface area contributed by atoms with Gasteiger partial charge in [-0.1, -0.05) is 24.1 Å². The van der Waals surface area contributed by atoms with Crippen LogP contribution in [0.2, 0.25) is 5.02 Å². The Morgan fingerprint density at radius 1 is 1.41 bits per heavy atom. The van der Waals surface area contributed by atoms with Crippen molar-refractivity contribution in [2.75, 3.05) is 6.54 Å². The van der Waals surface area contributed by atoms with Crippen LogP contribution in [0.1, 0.15) is 24.8 Å². The first-order valence-electron chi connectivity index (χ1n) is 5.99. The van der Waals surface area contributed by atoms with Gasteiger partial charge in [-0.05, 0) is 36.5 Å². The molecule has 1 fully saturated rings. The monoisotopic (exact) mass is 257 g/mol. The first kappa shape index (κ1) is 12.8. The molecule has 4 heteroatoms. The average Bonchev–Trinajstić information content (AvgIpc) is 2.70. The van der Waals surface area contributed by atoms with Crippen molar-refractivity contribution >= 4 is 11.6 Å². The molecule has 0 radical (unpaired) electrons. The van der Waals surface area contributed by atoms with Gasteiger partial charge in [-0.15, -0.1) is 0 Å². The highest BCUT2D eigenvalue weighted by molar-refractivity contribution is 6.30. The maximum Gasteiger partial charge on any atom is 0.141 e. The minimum absolute atomic E-state index is 0.158. The Morgan fingerprint density at radius 3 is 2.88 bits per heavy atom. The van der Waals surface area contributed by atoms with Gasteiger partial charge in [-0.25, -0.2) is 4.39 Å². The summed E-state index contributed by atoms with van der Waals surface area (Å²) in [6, 6.07) is 4.73. The Hall–Kier alpha value is -0.640. The Morgan fingerprint density at radius 2 is 2.24 bits per heavy atom. The molecule has 2 unspecified atom stereocenters. The van der Waals surface area contributed by atoms with Crippen molar-refractivity contribution in [2.24, 2.45) is 5.92 Å². The van der Waals surface area contributed by atoms with Crippen molar-refractivity contribution < 1.29 is 9.50 Å². The standard InChI is InChI=1S/C13H17ClFNO/c14-11-6-9(4-5-12(11)15)7-16-8-10-2-1-3-13(10)17/h4-6,10,13,16-17H,1-3,7-8H2. The summed E-state index contributed by atoms with van der Waals surface area (Å²) in [5.41, 5.74) is 0.962. The summed E-state index contributed by atoms with van der Waals surface area (Å²) in [6.45, 7) is 1.46. The van der Waals surface area contributed by atoms with E-state index in [0.29, 0.717) is 12.5 Å². The third-order valence-electron chi connectivity index (χ3n) is 3.34. The normalized spacial score (nSPS) is 24.2. The first-order valence-corrected chi connectivity index (χ1v) is 6.37. The molecule has 2 rings (SSSR count). The largest absolute Gasteiger partial charge is 0.393 e. The van der Waals surface area contributed by atoms with Gasteiger partial charge in [0.25, 0.3) is 0 Å². The topological polar surface area (TPSA) is 32.3 Å². The molecule has 2 nitrogen and oxygen atoms in total. The van der Waals surface area contributed by atoms with Crippen molar-refractivity contribution in [3.05, 3.63) is 34.6 Å². The van der Waals surface area contributed by atoms with Crippen LogP contribution in [-0.4, -0.2) is 17.8 Å². The Kier molecular flexibility index (Phi) is 4.37. The Bertz CT molecular complexity index is 386. The zero-order chi connectivity index (χ0) is 12.3. The smallest absolute Gasteiger partial charge is 0.141 e. The molecule has 1 aliphatic rings.